The molecule has 0 atom stereocenters. The van der Waals surface area contributed by atoms with Crippen molar-refractivity contribution in [3.05, 3.63) is 41.7 Å². The van der Waals surface area contributed by atoms with Crippen LogP contribution in [-0.2, 0) is 13.0 Å². The Morgan fingerprint density at radius 1 is 1.29 bits per heavy atom. The van der Waals surface area contributed by atoms with Crippen LogP contribution < -0.4 is 10.6 Å². The average molecular weight is 323 g/mol. The van der Waals surface area contributed by atoms with Crippen LogP contribution in [0.15, 0.2) is 24.5 Å². The molecule has 1 amide bonds. The summed E-state index contributed by atoms with van der Waals surface area (Å²) in [5, 5.41) is 15.3. The normalized spacial score (nSPS) is 13.6. The Labute approximate surface area is 138 Å². The van der Waals surface area contributed by atoms with Crippen molar-refractivity contribution in [2.45, 2.75) is 19.9 Å². The zero-order chi connectivity index (χ0) is 16.5. The third kappa shape index (κ3) is 2.45. The number of aromatic nitrogens is 5. The largest absolute Gasteiger partial charge is 0.369 e. The van der Waals surface area contributed by atoms with Gasteiger partial charge in [-0.1, -0.05) is 12.1 Å². The Bertz CT molecular complexity index is 913. The van der Waals surface area contributed by atoms with Crippen molar-refractivity contribution >= 4 is 22.6 Å². The molecule has 2 aromatic heterocycles. The molecule has 8 heteroatoms. The minimum atomic E-state index is -0.162. The van der Waals surface area contributed by atoms with Crippen LogP contribution in [0.1, 0.15) is 22.0 Å². The molecule has 1 aliphatic rings. The topological polar surface area (TPSA) is 97.6 Å². The van der Waals surface area contributed by atoms with Crippen molar-refractivity contribution in [3.8, 4) is 0 Å². The van der Waals surface area contributed by atoms with Crippen molar-refractivity contribution in [2.24, 2.45) is 0 Å². The van der Waals surface area contributed by atoms with Crippen LogP contribution in [-0.4, -0.2) is 43.7 Å². The first-order valence-electron chi connectivity index (χ1n) is 7.88. The van der Waals surface area contributed by atoms with Gasteiger partial charge in [0, 0.05) is 31.4 Å². The number of rotatable bonds is 4. The monoisotopic (exact) mass is 323 g/mol. The van der Waals surface area contributed by atoms with Crippen molar-refractivity contribution in [3.63, 3.8) is 0 Å². The molecule has 0 spiro atoms. The first-order valence-corrected chi connectivity index (χ1v) is 7.88. The SMILES string of the molecule is Cc1cccc2ncnc(NCCc3nnc4n3CCNC4=O)c12. The van der Waals surface area contributed by atoms with Crippen LogP contribution in [0.25, 0.3) is 10.9 Å². The van der Waals surface area contributed by atoms with E-state index in [0.29, 0.717) is 31.9 Å². The van der Waals surface area contributed by atoms with E-state index in [2.05, 4.69) is 30.8 Å². The van der Waals surface area contributed by atoms with Gasteiger partial charge in [-0.15, -0.1) is 10.2 Å². The van der Waals surface area contributed by atoms with Crippen LogP contribution in [0.4, 0.5) is 5.82 Å². The Balaban J connectivity index is 1.52. The molecule has 1 aromatic carbocycles. The maximum atomic E-state index is 11.7. The number of hydrogen-bond donors (Lipinski definition) is 2. The molecule has 0 bridgehead atoms. The molecule has 8 nitrogen and oxygen atoms in total. The van der Waals surface area contributed by atoms with Gasteiger partial charge in [0.1, 0.15) is 18.0 Å². The highest BCUT2D eigenvalue weighted by molar-refractivity contribution is 5.92. The van der Waals surface area contributed by atoms with Crippen molar-refractivity contribution < 1.29 is 4.79 Å². The number of anilines is 1. The van der Waals surface area contributed by atoms with Crippen LogP contribution in [0.2, 0.25) is 0 Å². The third-order valence-corrected chi connectivity index (χ3v) is 4.16. The summed E-state index contributed by atoms with van der Waals surface area (Å²) in [5.74, 6) is 1.85. The van der Waals surface area contributed by atoms with Crippen LogP contribution in [0, 0.1) is 6.92 Å². The van der Waals surface area contributed by atoms with Gasteiger partial charge in [-0.2, -0.15) is 0 Å². The fraction of sp³-hybridized carbons (Fsp3) is 0.312. The minimum Gasteiger partial charge on any atom is -0.369 e. The predicted octanol–water partition coefficient (Wildman–Crippen LogP) is 0.928. The highest BCUT2D eigenvalue weighted by Crippen LogP contribution is 2.22. The number of carbonyl (C=O) groups excluding carboxylic acids is 1. The molecule has 2 N–H and O–H groups in total. The second kappa shape index (κ2) is 5.88. The Kier molecular flexibility index (Phi) is 3.56. The molecule has 3 heterocycles. The molecule has 1 aliphatic heterocycles. The van der Waals surface area contributed by atoms with Crippen LogP contribution in [0.5, 0.6) is 0 Å². The van der Waals surface area contributed by atoms with E-state index in [-0.39, 0.29) is 5.91 Å². The number of carbonyl (C=O) groups is 1. The summed E-state index contributed by atoms with van der Waals surface area (Å²) in [6.45, 7) is 4.02. The molecule has 122 valence electrons. The van der Waals surface area contributed by atoms with E-state index in [0.717, 1.165) is 28.1 Å². The number of amides is 1. The van der Waals surface area contributed by atoms with Crippen molar-refractivity contribution in [1.82, 2.24) is 30.0 Å². The van der Waals surface area contributed by atoms with Gasteiger partial charge >= 0.3 is 0 Å². The molecule has 0 saturated carbocycles. The van der Waals surface area contributed by atoms with E-state index < -0.39 is 0 Å². The average Bonchev–Trinajstić information content (AvgIpc) is 3.00. The molecule has 24 heavy (non-hydrogen) atoms. The van der Waals surface area contributed by atoms with E-state index in [9.17, 15) is 4.79 Å². The maximum Gasteiger partial charge on any atom is 0.289 e. The third-order valence-electron chi connectivity index (χ3n) is 4.16. The first-order chi connectivity index (χ1) is 11.7. The standard InChI is InChI=1S/C16H17N7O/c1-10-3-2-4-11-13(10)14(20-9-19-11)17-6-5-12-21-22-15-16(24)18-7-8-23(12)15/h2-4,9H,5-8H2,1H3,(H,18,24)(H,17,19,20). The molecule has 0 unspecified atom stereocenters. The van der Waals surface area contributed by atoms with Gasteiger partial charge in [0.05, 0.1) is 5.52 Å². The van der Waals surface area contributed by atoms with Crippen molar-refractivity contribution in [2.75, 3.05) is 18.4 Å². The molecule has 3 aromatic rings. The summed E-state index contributed by atoms with van der Waals surface area (Å²) in [7, 11) is 0. The van der Waals surface area contributed by atoms with E-state index >= 15 is 0 Å². The van der Waals surface area contributed by atoms with E-state index in [1.54, 1.807) is 6.33 Å². The summed E-state index contributed by atoms with van der Waals surface area (Å²) in [6, 6.07) is 6.01. The fourth-order valence-electron chi connectivity index (χ4n) is 2.99. The lowest BCUT2D eigenvalue weighted by atomic mass is 10.1. The maximum absolute atomic E-state index is 11.7. The Morgan fingerprint density at radius 3 is 3.12 bits per heavy atom. The van der Waals surface area contributed by atoms with E-state index in [1.165, 1.54) is 0 Å². The second-order valence-electron chi connectivity index (χ2n) is 5.72. The summed E-state index contributed by atoms with van der Waals surface area (Å²) in [6.07, 6.45) is 2.23. The van der Waals surface area contributed by atoms with Gasteiger partial charge in [0.25, 0.3) is 5.91 Å². The predicted molar refractivity (Wildman–Crippen MR) is 88.8 cm³/mol. The summed E-state index contributed by atoms with van der Waals surface area (Å²) in [5.41, 5.74) is 2.05. The number of fused-ring (bicyclic) bond motifs is 2. The van der Waals surface area contributed by atoms with Gasteiger partial charge in [0.2, 0.25) is 5.82 Å². The molecular weight excluding hydrogens is 306 g/mol. The number of nitrogens with zero attached hydrogens (tertiary/aromatic N) is 5. The molecule has 0 aliphatic carbocycles. The first kappa shape index (κ1) is 14.6. The Morgan fingerprint density at radius 2 is 2.21 bits per heavy atom. The lowest BCUT2D eigenvalue weighted by Gasteiger charge is -2.15. The quantitative estimate of drug-likeness (QED) is 0.741. The zero-order valence-electron chi connectivity index (χ0n) is 13.3. The number of hydrogen-bond acceptors (Lipinski definition) is 6. The summed E-state index contributed by atoms with van der Waals surface area (Å²) >= 11 is 0. The molecule has 0 fully saturated rings. The van der Waals surface area contributed by atoms with E-state index in [1.807, 2.05) is 29.7 Å². The second-order valence-corrected chi connectivity index (χ2v) is 5.72. The highest BCUT2D eigenvalue weighted by Gasteiger charge is 2.21. The molecule has 0 radical (unpaired) electrons. The smallest absolute Gasteiger partial charge is 0.289 e. The lowest BCUT2D eigenvalue weighted by Crippen LogP contribution is -2.36. The number of benzene rings is 1. The van der Waals surface area contributed by atoms with Gasteiger partial charge < -0.3 is 15.2 Å². The summed E-state index contributed by atoms with van der Waals surface area (Å²) < 4.78 is 1.88. The van der Waals surface area contributed by atoms with Crippen LogP contribution >= 0.6 is 0 Å². The van der Waals surface area contributed by atoms with Gasteiger partial charge in [-0.25, -0.2) is 9.97 Å². The summed E-state index contributed by atoms with van der Waals surface area (Å²) in [4.78, 5) is 20.4. The lowest BCUT2D eigenvalue weighted by molar-refractivity contribution is 0.0921. The number of aryl methyl sites for hydroxylation is 1. The molecule has 4 rings (SSSR count). The van der Waals surface area contributed by atoms with Gasteiger partial charge in [-0.3, -0.25) is 4.79 Å². The van der Waals surface area contributed by atoms with E-state index in [4.69, 9.17) is 0 Å². The van der Waals surface area contributed by atoms with Crippen LogP contribution in [0.3, 0.4) is 0 Å². The fourth-order valence-corrected chi connectivity index (χ4v) is 2.99. The number of nitrogens with one attached hydrogen (secondary N) is 2. The minimum absolute atomic E-state index is 0.162. The molecule has 0 saturated heterocycles. The Hall–Kier alpha value is -3.03. The van der Waals surface area contributed by atoms with Crippen molar-refractivity contribution in [1.29, 1.82) is 0 Å². The molecular formula is C16H17N7O. The highest BCUT2D eigenvalue weighted by atomic mass is 16.2. The van der Waals surface area contributed by atoms with Gasteiger partial charge in [0.15, 0.2) is 0 Å². The zero-order valence-corrected chi connectivity index (χ0v) is 13.3. The van der Waals surface area contributed by atoms with Gasteiger partial charge in [-0.05, 0) is 18.6 Å².